The molecule has 1 N–H and O–H groups in total. The molecule has 0 spiro atoms. The maximum atomic E-state index is 13.9. The minimum atomic E-state index is -0.612. The predicted molar refractivity (Wildman–Crippen MR) is 139 cm³/mol. The fourth-order valence-corrected chi connectivity index (χ4v) is 5.23. The zero-order valence-corrected chi connectivity index (χ0v) is 20.4. The first-order chi connectivity index (χ1) is 17.5. The molecule has 0 saturated heterocycles. The average Bonchev–Trinajstić information content (AvgIpc) is 3.07. The Balaban J connectivity index is 1.69. The van der Waals surface area contributed by atoms with E-state index < -0.39 is 12.0 Å². The van der Waals surface area contributed by atoms with Crippen molar-refractivity contribution in [1.82, 2.24) is 0 Å². The number of rotatable bonds is 4. The number of Topliss-reactive ketones (excluding diaryl/α,β-unsaturated/α-hetero) is 1. The number of fused-ring (bicyclic) bond motifs is 1. The van der Waals surface area contributed by atoms with Gasteiger partial charge in [0.2, 0.25) is 5.91 Å². The fourth-order valence-electron chi connectivity index (χ4n) is 5.23. The molecule has 0 aromatic heterocycles. The van der Waals surface area contributed by atoms with E-state index >= 15 is 0 Å². The number of allylic oxidation sites excluding steroid dienone is 1. The van der Waals surface area contributed by atoms with Gasteiger partial charge in [0.05, 0.1) is 30.1 Å². The van der Waals surface area contributed by atoms with Crippen LogP contribution >= 0.6 is 0 Å². The van der Waals surface area contributed by atoms with E-state index in [1.807, 2.05) is 61.5 Å². The Morgan fingerprint density at radius 2 is 1.61 bits per heavy atom. The summed E-state index contributed by atoms with van der Waals surface area (Å²) >= 11 is 0. The summed E-state index contributed by atoms with van der Waals surface area (Å²) in [5.74, 6) is -0.456. The number of methoxy groups -OCH3 is 1. The second-order valence-electron chi connectivity index (χ2n) is 9.11. The highest BCUT2D eigenvalue weighted by molar-refractivity contribution is 6.06. The van der Waals surface area contributed by atoms with Crippen molar-refractivity contribution in [2.45, 2.75) is 38.1 Å². The number of esters is 1. The van der Waals surface area contributed by atoms with E-state index in [9.17, 15) is 14.4 Å². The molecule has 6 heteroatoms. The van der Waals surface area contributed by atoms with Crippen LogP contribution in [0.4, 0.5) is 11.4 Å². The second kappa shape index (κ2) is 9.82. The van der Waals surface area contributed by atoms with Crippen molar-refractivity contribution in [2.24, 2.45) is 0 Å². The number of hydrogen-bond donors (Lipinski definition) is 1. The number of anilines is 2. The number of carbonyl (C=O) groups excluding carboxylic acids is 3. The molecule has 0 bridgehead atoms. The number of nitrogens with zero attached hydrogens (tertiary/aromatic N) is 1. The molecule has 2 unspecified atom stereocenters. The highest BCUT2D eigenvalue weighted by Crippen LogP contribution is 2.47. The molecule has 182 valence electrons. The van der Waals surface area contributed by atoms with Crippen LogP contribution in [0.3, 0.4) is 0 Å². The van der Waals surface area contributed by atoms with Crippen LogP contribution in [0.1, 0.15) is 59.6 Å². The second-order valence-corrected chi connectivity index (χ2v) is 9.11. The lowest BCUT2D eigenvalue weighted by Gasteiger charge is -2.35. The van der Waals surface area contributed by atoms with E-state index in [-0.39, 0.29) is 24.0 Å². The number of amides is 1. The van der Waals surface area contributed by atoms with E-state index in [2.05, 4.69) is 17.4 Å². The van der Waals surface area contributed by atoms with Gasteiger partial charge in [-0.2, -0.15) is 0 Å². The summed E-state index contributed by atoms with van der Waals surface area (Å²) < 4.78 is 4.84. The van der Waals surface area contributed by atoms with Gasteiger partial charge in [-0.15, -0.1) is 0 Å². The molecule has 1 heterocycles. The van der Waals surface area contributed by atoms with Gasteiger partial charge in [-0.25, -0.2) is 4.79 Å². The third kappa shape index (κ3) is 4.19. The van der Waals surface area contributed by atoms with E-state index in [1.165, 1.54) is 7.11 Å². The van der Waals surface area contributed by atoms with Crippen LogP contribution in [0.25, 0.3) is 0 Å². The zero-order valence-electron chi connectivity index (χ0n) is 20.4. The van der Waals surface area contributed by atoms with E-state index in [4.69, 9.17) is 4.74 Å². The van der Waals surface area contributed by atoms with Crippen molar-refractivity contribution in [3.8, 4) is 0 Å². The minimum absolute atomic E-state index is 0.0151. The van der Waals surface area contributed by atoms with Gasteiger partial charge >= 0.3 is 5.97 Å². The van der Waals surface area contributed by atoms with Crippen LogP contribution in [0, 0.1) is 0 Å². The average molecular weight is 481 g/mol. The quantitative estimate of drug-likeness (QED) is 0.479. The summed E-state index contributed by atoms with van der Waals surface area (Å²) in [6.07, 6.45) is 1.31. The van der Waals surface area contributed by atoms with Crippen LogP contribution in [0.5, 0.6) is 0 Å². The largest absolute Gasteiger partial charge is 0.465 e. The molecule has 0 fully saturated rings. The third-order valence-corrected chi connectivity index (χ3v) is 6.98. The van der Waals surface area contributed by atoms with Crippen LogP contribution in [-0.2, 0) is 14.3 Å². The lowest BCUT2D eigenvalue weighted by Crippen LogP contribution is -2.38. The highest BCUT2D eigenvalue weighted by atomic mass is 16.5. The number of ketones is 1. The number of carbonyl (C=O) groups is 3. The first-order valence-corrected chi connectivity index (χ1v) is 12.2. The molecule has 1 aliphatic heterocycles. The summed E-state index contributed by atoms with van der Waals surface area (Å²) in [6.45, 7) is 1.82. The molecule has 1 amide bonds. The Hall–Kier alpha value is -4.19. The maximum Gasteiger partial charge on any atom is 0.337 e. The van der Waals surface area contributed by atoms with Crippen molar-refractivity contribution >= 4 is 29.0 Å². The lowest BCUT2D eigenvalue weighted by atomic mass is 9.78. The Bertz CT molecular complexity index is 1340. The zero-order chi connectivity index (χ0) is 25.2. The third-order valence-electron chi connectivity index (χ3n) is 6.98. The maximum absolute atomic E-state index is 13.9. The summed E-state index contributed by atoms with van der Waals surface area (Å²) in [5.41, 5.74) is 5.26. The van der Waals surface area contributed by atoms with Crippen molar-refractivity contribution in [3.63, 3.8) is 0 Å². The molecule has 3 aromatic rings. The van der Waals surface area contributed by atoms with Crippen molar-refractivity contribution in [2.75, 3.05) is 17.3 Å². The molecule has 5 rings (SSSR count). The molecule has 1 aliphatic carbocycles. The Morgan fingerprint density at radius 1 is 0.917 bits per heavy atom. The SMILES string of the molecule is CCC(=O)N1c2ccccc2NC2=C(C(=O)CC(c3ccccc3)C2)C1c1ccc(C(=O)OC)cc1. The fraction of sp³-hybridized carbons (Fsp3) is 0.233. The van der Waals surface area contributed by atoms with Crippen molar-refractivity contribution < 1.29 is 19.1 Å². The van der Waals surface area contributed by atoms with Gasteiger partial charge < -0.3 is 10.1 Å². The molecule has 2 atom stereocenters. The molecular formula is C30H28N2O4. The van der Waals surface area contributed by atoms with Gasteiger partial charge in [-0.05, 0) is 47.7 Å². The van der Waals surface area contributed by atoms with Gasteiger partial charge in [-0.3, -0.25) is 14.5 Å². The topological polar surface area (TPSA) is 75.7 Å². The minimum Gasteiger partial charge on any atom is -0.465 e. The van der Waals surface area contributed by atoms with E-state index in [0.717, 1.165) is 28.2 Å². The van der Waals surface area contributed by atoms with E-state index in [1.54, 1.807) is 17.0 Å². The van der Waals surface area contributed by atoms with Gasteiger partial charge in [0.1, 0.15) is 0 Å². The normalized spacial score (nSPS) is 19.1. The van der Waals surface area contributed by atoms with Gasteiger partial charge in [-0.1, -0.05) is 61.5 Å². The standard InChI is InChI=1S/C30H28N2O4/c1-3-27(34)32-25-12-8-7-11-23(25)31-24-17-22(19-9-5-4-6-10-19)18-26(33)28(24)29(32)20-13-15-21(16-14-20)30(35)36-2/h4-16,22,29,31H,3,17-18H2,1-2H3. The smallest absolute Gasteiger partial charge is 0.337 e. The molecule has 36 heavy (non-hydrogen) atoms. The molecule has 3 aromatic carbocycles. The van der Waals surface area contributed by atoms with Crippen LogP contribution < -0.4 is 10.2 Å². The number of ether oxygens (including phenoxy) is 1. The molecule has 0 saturated carbocycles. The number of nitrogens with one attached hydrogen (secondary N) is 1. The Labute approximate surface area is 210 Å². The lowest BCUT2D eigenvalue weighted by molar-refractivity contribution is -0.119. The molecule has 0 radical (unpaired) electrons. The monoisotopic (exact) mass is 480 g/mol. The van der Waals surface area contributed by atoms with Gasteiger partial charge in [0.15, 0.2) is 5.78 Å². The van der Waals surface area contributed by atoms with Gasteiger partial charge in [0.25, 0.3) is 0 Å². The predicted octanol–water partition coefficient (Wildman–Crippen LogP) is 5.78. The summed E-state index contributed by atoms with van der Waals surface area (Å²) in [6, 6.07) is 24.1. The van der Waals surface area contributed by atoms with Crippen LogP contribution in [0.2, 0.25) is 0 Å². The molecular weight excluding hydrogens is 452 g/mol. The first kappa shape index (κ1) is 23.5. The number of para-hydroxylation sites is 2. The Morgan fingerprint density at radius 3 is 2.31 bits per heavy atom. The van der Waals surface area contributed by atoms with Crippen LogP contribution in [-0.4, -0.2) is 24.8 Å². The highest BCUT2D eigenvalue weighted by Gasteiger charge is 2.41. The first-order valence-electron chi connectivity index (χ1n) is 12.2. The number of hydrogen-bond acceptors (Lipinski definition) is 5. The summed E-state index contributed by atoms with van der Waals surface area (Å²) in [4.78, 5) is 41.1. The van der Waals surface area contributed by atoms with Crippen molar-refractivity contribution in [3.05, 3.63) is 107 Å². The van der Waals surface area contributed by atoms with Crippen molar-refractivity contribution in [1.29, 1.82) is 0 Å². The molecule has 2 aliphatic rings. The summed E-state index contributed by atoms with van der Waals surface area (Å²) in [5, 5.41) is 3.53. The van der Waals surface area contributed by atoms with E-state index in [0.29, 0.717) is 24.0 Å². The van der Waals surface area contributed by atoms with Crippen LogP contribution in [0.15, 0.2) is 90.1 Å². The Kier molecular flexibility index (Phi) is 6.42. The van der Waals surface area contributed by atoms with Gasteiger partial charge in [0, 0.05) is 24.1 Å². The number of benzene rings is 3. The summed E-state index contributed by atoms with van der Waals surface area (Å²) in [7, 11) is 1.34. The molecule has 6 nitrogen and oxygen atoms in total.